The fourth-order valence-corrected chi connectivity index (χ4v) is 3.40. The van der Waals surface area contributed by atoms with Crippen molar-refractivity contribution in [3.8, 4) is 16.9 Å². The molecular formula is C21H24ClF5N6O. The third kappa shape index (κ3) is 6.03. The number of nitrogens with zero attached hydrogens (tertiary/aromatic N) is 4. The molecule has 3 aromatic rings. The van der Waals surface area contributed by atoms with E-state index < -0.39 is 46.0 Å². The molecule has 2 aromatic heterocycles. The average molecular weight is 507 g/mol. The van der Waals surface area contributed by atoms with Gasteiger partial charge >= 0.3 is 6.18 Å². The van der Waals surface area contributed by atoms with Crippen LogP contribution in [0.15, 0.2) is 18.5 Å². The van der Waals surface area contributed by atoms with Gasteiger partial charge in [0.25, 0.3) is 5.78 Å². The van der Waals surface area contributed by atoms with Gasteiger partial charge in [-0.05, 0) is 32.9 Å². The van der Waals surface area contributed by atoms with Crippen molar-refractivity contribution in [1.82, 2.24) is 24.9 Å². The number of halogens is 6. The molecule has 13 heteroatoms. The largest absolute Gasteiger partial charge is 0.493 e. The number of alkyl halides is 3. The highest BCUT2D eigenvalue weighted by Gasteiger charge is 2.37. The van der Waals surface area contributed by atoms with Gasteiger partial charge in [0.05, 0.1) is 17.7 Å². The summed E-state index contributed by atoms with van der Waals surface area (Å²) in [5, 5.41) is 8.79. The number of anilines is 1. The van der Waals surface area contributed by atoms with Gasteiger partial charge in [0.15, 0.2) is 0 Å². The molecular weight excluding hydrogens is 483 g/mol. The van der Waals surface area contributed by atoms with Gasteiger partial charge in [0, 0.05) is 12.1 Å². The monoisotopic (exact) mass is 506 g/mol. The quantitative estimate of drug-likeness (QED) is 0.210. The Morgan fingerprint density at radius 2 is 1.79 bits per heavy atom. The third-order valence-electron chi connectivity index (χ3n) is 4.97. The summed E-state index contributed by atoms with van der Waals surface area (Å²) in [7, 11) is 0. The maximum atomic E-state index is 15.1. The van der Waals surface area contributed by atoms with Crippen LogP contribution in [-0.4, -0.2) is 51.5 Å². The van der Waals surface area contributed by atoms with E-state index >= 15 is 8.78 Å². The van der Waals surface area contributed by atoms with Crippen molar-refractivity contribution in [1.29, 1.82) is 0 Å². The van der Waals surface area contributed by atoms with E-state index in [0.717, 1.165) is 49.3 Å². The zero-order valence-corrected chi connectivity index (χ0v) is 19.3. The second-order valence-corrected chi connectivity index (χ2v) is 7.93. The zero-order valence-electron chi connectivity index (χ0n) is 18.5. The SMILES string of the molecule is CCCCNCCCOc1cc(F)c(-c2c(Cl)nc3ncnn3c2NC(C)C(F)(F)F)c(F)c1. The molecule has 0 amide bonds. The number of hydrogen-bond acceptors (Lipinski definition) is 6. The molecule has 0 aliphatic carbocycles. The van der Waals surface area contributed by atoms with Crippen molar-refractivity contribution in [2.24, 2.45) is 0 Å². The fourth-order valence-electron chi connectivity index (χ4n) is 3.14. The van der Waals surface area contributed by atoms with Gasteiger partial charge in [-0.3, -0.25) is 0 Å². The van der Waals surface area contributed by atoms with Crippen LogP contribution in [-0.2, 0) is 0 Å². The minimum Gasteiger partial charge on any atom is -0.493 e. The maximum Gasteiger partial charge on any atom is 0.408 e. The molecule has 1 atom stereocenters. The van der Waals surface area contributed by atoms with Crippen LogP contribution in [0.25, 0.3) is 16.9 Å². The molecule has 2 heterocycles. The lowest BCUT2D eigenvalue weighted by Crippen LogP contribution is -2.34. The molecule has 0 fully saturated rings. The first-order valence-electron chi connectivity index (χ1n) is 10.7. The summed E-state index contributed by atoms with van der Waals surface area (Å²) in [4.78, 5) is 7.69. The normalized spacial score (nSPS) is 12.8. The van der Waals surface area contributed by atoms with Crippen LogP contribution in [0, 0.1) is 11.6 Å². The smallest absolute Gasteiger partial charge is 0.408 e. The standard InChI is InChI=1S/C21H24ClF5N6O/c1-3-4-6-28-7-5-8-34-13-9-14(23)16(15(24)10-13)17-18(22)32-20-29-11-30-33(20)19(17)31-12(2)21(25,26)27/h9-12,28,31H,3-8H2,1-2H3. The highest BCUT2D eigenvalue weighted by molar-refractivity contribution is 6.33. The molecule has 0 spiro atoms. The number of hydrogen-bond donors (Lipinski definition) is 2. The summed E-state index contributed by atoms with van der Waals surface area (Å²) < 4.78 is 76.1. The summed E-state index contributed by atoms with van der Waals surface area (Å²) >= 11 is 6.15. The Hall–Kier alpha value is -2.73. The minimum absolute atomic E-state index is 0.0589. The molecule has 0 saturated carbocycles. The van der Waals surface area contributed by atoms with E-state index in [1.807, 2.05) is 0 Å². The van der Waals surface area contributed by atoms with Gasteiger partial charge < -0.3 is 15.4 Å². The van der Waals surface area contributed by atoms with E-state index in [-0.39, 0.29) is 18.1 Å². The molecule has 186 valence electrons. The van der Waals surface area contributed by atoms with Crippen LogP contribution in [0.2, 0.25) is 5.15 Å². The number of rotatable bonds is 11. The topological polar surface area (TPSA) is 76.4 Å². The van der Waals surface area contributed by atoms with E-state index in [1.54, 1.807) is 0 Å². The van der Waals surface area contributed by atoms with Gasteiger partial charge in [-0.25, -0.2) is 8.78 Å². The first kappa shape index (κ1) is 25.9. The molecule has 0 saturated heterocycles. The number of nitrogens with one attached hydrogen (secondary N) is 2. The lowest BCUT2D eigenvalue weighted by atomic mass is 10.1. The second kappa shape index (κ2) is 11.1. The lowest BCUT2D eigenvalue weighted by Gasteiger charge is -2.21. The van der Waals surface area contributed by atoms with Crippen LogP contribution in [0.1, 0.15) is 33.1 Å². The Morgan fingerprint density at radius 3 is 2.44 bits per heavy atom. The Kier molecular flexibility index (Phi) is 8.47. The van der Waals surface area contributed by atoms with Crippen molar-refractivity contribution in [2.75, 3.05) is 25.0 Å². The molecule has 2 N–H and O–H groups in total. The van der Waals surface area contributed by atoms with Crippen molar-refractivity contribution in [2.45, 2.75) is 45.3 Å². The summed E-state index contributed by atoms with van der Waals surface area (Å²) in [6.07, 6.45) is -0.872. The van der Waals surface area contributed by atoms with Gasteiger partial charge in [0.2, 0.25) is 0 Å². The summed E-state index contributed by atoms with van der Waals surface area (Å²) in [6, 6.07) is -0.194. The second-order valence-electron chi connectivity index (χ2n) is 7.57. The van der Waals surface area contributed by atoms with Crippen LogP contribution < -0.4 is 15.4 Å². The molecule has 0 aliphatic heterocycles. The van der Waals surface area contributed by atoms with E-state index in [1.165, 1.54) is 0 Å². The number of ether oxygens (including phenoxy) is 1. The van der Waals surface area contributed by atoms with E-state index in [0.29, 0.717) is 13.0 Å². The van der Waals surface area contributed by atoms with Crippen molar-refractivity contribution >= 4 is 23.2 Å². The predicted molar refractivity (Wildman–Crippen MR) is 118 cm³/mol. The first-order chi connectivity index (χ1) is 16.1. The summed E-state index contributed by atoms with van der Waals surface area (Å²) in [6.45, 7) is 4.72. The third-order valence-corrected chi connectivity index (χ3v) is 5.24. The van der Waals surface area contributed by atoms with Crippen LogP contribution in [0.3, 0.4) is 0 Å². The van der Waals surface area contributed by atoms with Gasteiger partial charge in [-0.1, -0.05) is 24.9 Å². The summed E-state index contributed by atoms with van der Waals surface area (Å²) in [5.74, 6) is -2.76. The average Bonchev–Trinajstić information content (AvgIpc) is 3.22. The van der Waals surface area contributed by atoms with Crippen LogP contribution in [0.5, 0.6) is 5.75 Å². The lowest BCUT2D eigenvalue weighted by molar-refractivity contribution is -0.138. The molecule has 3 rings (SSSR count). The molecule has 1 unspecified atom stereocenters. The Morgan fingerprint density at radius 1 is 1.12 bits per heavy atom. The highest BCUT2D eigenvalue weighted by atomic mass is 35.5. The Bertz CT molecular complexity index is 1100. The van der Waals surface area contributed by atoms with Crippen LogP contribution in [0.4, 0.5) is 27.8 Å². The van der Waals surface area contributed by atoms with E-state index in [9.17, 15) is 13.2 Å². The molecule has 7 nitrogen and oxygen atoms in total. The van der Waals surface area contributed by atoms with Crippen molar-refractivity contribution in [3.05, 3.63) is 35.2 Å². The first-order valence-corrected chi connectivity index (χ1v) is 11.1. The van der Waals surface area contributed by atoms with Gasteiger partial charge in [0.1, 0.15) is 40.7 Å². The zero-order chi connectivity index (χ0) is 24.9. The molecule has 0 bridgehead atoms. The maximum absolute atomic E-state index is 15.1. The molecule has 0 radical (unpaired) electrons. The summed E-state index contributed by atoms with van der Waals surface area (Å²) in [5.41, 5.74) is -1.09. The van der Waals surface area contributed by atoms with E-state index in [4.69, 9.17) is 16.3 Å². The number of benzene rings is 1. The molecule has 34 heavy (non-hydrogen) atoms. The number of unbranched alkanes of at least 4 members (excludes halogenated alkanes) is 1. The number of fused-ring (bicyclic) bond motifs is 1. The minimum atomic E-state index is -4.65. The fraction of sp³-hybridized carbons (Fsp3) is 0.476. The van der Waals surface area contributed by atoms with Crippen molar-refractivity contribution in [3.63, 3.8) is 0 Å². The number of aromatic nitrogens is 4. The van der Waals surface area contributed by atoms with E-state index in [2.05, 4.69) is 32.6 Å². The van der Waals surface area contributed by atoms with Gasteiger partial charge in [-0.2, -0.15) is 32.8 Å². The van der Waals surface area contributed by atoms with Gasteiger partial charge in [-0.15, -0.1) is 0 Å². The molecule has 1 aromatic carbocycles. The van der Waals surface area contributed by atoms with Crippen LogP contribution >= 0.6 is 11.6 Å². The highest BCUT2D eigenvalue weighted by Crippen LogP contribution is 2.39. The Labute approximate surface area is 197 Å². The van der Waals surface area contributed by atoms with Crippen molar-refractivity contribution < 1.29 is 26.7 Å². The predicted octanol–water partition coefficient (Wildman–Crippen LogP) is 5.24. The molecule has 0 aliphatic rings. The Balaban J connectivity index is 1.90.